The molecule has 0 unspecified atom stereocenters. The van der Waals surface area contributed by atoms with E-state index in [1.807, 2.05) is 17.0 Å². The number of nitrogens with one attached hydrogen (secondary N) is 2. The van der Waals surface area contributed by atoms with Crippen LogP contribution in [0.3, 0.4) is 0 Å². The van der Waals surface area contributed by atoms with Crippen molar-refractivity contribution in [3.05, 3.63) is 63.3 Å². The molecule has 1 aromatic carbocycles. The largest absolute Gasteiger partial charge is 0.493 e. The number of hydrogen-bond acceptors (Lipinski definition) is 9. The van der Waals surface area contributed by atoms with Gasteiger partial charge in [0.1, 0.15) is 12.0 Å². The third-order valence-electron chi connectivity index (χ3n) is 7.36. The number of hydrogen-bond donors (Lipinski definition) is 3. The molecule has 7 rings (SSSR count). The summed E-state index contributed by atoms with van der Waals surface area (Å²) in [6.07, 6.45) is 6.75. The van der Waals surface area contributed by atoms with Gasteiger partial charge >= 0.3 is 5.69 Å². The van der Waals surface area contributed by atoms with Crippen LogP contribution in [0.2, 0.25) is 0 Å². The van der Waals surface area contributed by atoms with Crippen LogP contribution in [-0.4, -0.2) is 98.7 Å². The Kier molecular flexibility index (Phi) is 5.70. The normalized spacial score (nSPS) is 17.5. The molecule has 1 aliphatic carbocycles. The van der Waals surface area contributed by atoms with Crippen molar-refractivity contribution in [1.29, 1.82) is 0 Å². The number of fused-ring (bicyclic) bond motifs is 2. The molecular formula is C26H27N11O3. The summed E-state index contributed by atoms with van der Waals surface area (Å²) in [6.45, 7) is 6.29. The second kappa shape index (κ2) is 9.41. The van der Waals surface area contributed by atoms with Crippen LogP contribution in [0, 0.1) is 0 Å². The van der Waals surface area contributed by atoms with E-state index < -0.39 is 5.69 Å². The van der Waals surface area contributed by atoms with Crippen LogP contribution in [0.25, 0.3) is 28.7 Å². The predicted molar refractivity (Wildman–Crippen MR) is 144 cm³/mol. The Labute approximate surface area is 226 Å². The number of amides is 1. The average Bonchev–Trinajstić information content (AvgIpc) is 3.39. The van der Waals surface area contributed by atoms with Gasteiger partial charge in [-0.2, -0.15) is 19.6 Å². The Morgan fingerprint density at radius 1 is 1.18 bits per heavy atom. The van der Waals surface area contributed by atoms with E-state index in [4.69, 9.17) is 15.0 Å². The zero-order valence-corrected chi connectivity index (χ0v) is 21.8. The second-order valence-electron chi connectivity index (χ2n) is 10.0. The van der Waals surface area contributed by atoms with E-state index in [-0.39, 0.29) is 23.5 Å². The maximum Gasteiger partial charge on any atom is 0.326 e. The van der Waals surface area contributed by atoms with E-state index in [0.29, 0.717) is 46.6 Å². The molecule has 1 saturated heterocycles. The number of aromatic hydroxyl groups is 1. The third-order valence-corrected chi connectivity index (χ3v) is 7.36. The number of piperazine rings is 1. The first-order valence-corrected chi connectivity index (χ1v) is 13.3. The van der Waals surface area contributed by atoms with Crippen molar-refractivity contribution >= 4 is 28.7 Å². The van der Waals surface area contributed by atoms with Gasteiger partial charge in [-0.05, 0) is 43.7 Å². The lowest BCUT2D eigenvalue weighted by Gasteiger charge is -2.34. The maximum atomic E-state index is 13.2. The van der Waals surface area contributed by atoms with Crippen LogP contribution >= 0.6 is 0 Å². The standard InChI is InChI=1S/C26H27N11O3/c1-2-34-7-9-35(10-8-34)23(39)15-3-6-20-18(11-15)27-14-36(20)24-31-21-16(12-19-22(38)32-26(40)30-19)13-28-37(21)25(33-24)29-17-4-5-17/h3,6,11-14,17,38H,2,4-5,7-10H2,1H3,(H2,30,32,40)/b16-12+,29-25?. The summed E-state index contributed by atoms with van der Waals surface area (Å²) in [7, 11) is 0. The lowest BCUT2D eigenvalue weighted by Crippen LogP contribution is -2.48. The summed E-state index contributed by atoms with van der Waals surface area (Å²) in [5, 5.41) is 15.0. The van der Waals surface area contributed by atoms with E-state index in [2.05, 4.69) is 31.9 Å². The molecule has 1 amide bonds. The molecule has 204 valence electrons. The molecule has 14 nitrogen and oxygen atoms in total. The summed E-state index contributed by atoms with van der Waals surface area (Å²) in [4.78, 5) is 52.6. The number of aromatic amines is 2. The van der Waals surface area contributed by atoms with Crippen molar-refractivity contribution in [2.45, 2.75) is 25.8 Å². The Balaban J connectivity index is 1.30. The lowest BCUT2D eigenvalue weighted by atomic mass is 10.1. The minimum absolute atomic E-state index is 0.000817. The van der Waals surface area contributed by atoms with Crippen molar-refractivity contribution in [2.24, 2.45) is 4.99 Å². The molecule has 2 aliphatic rings. The highest BCUT2D eigenvalue weighted by Gasteiger charge is 2.23. The van der Waals surface area contributed by atoms with Gasteiger partial charge in [-0.25, -0.2) is 14.8 Å². The van der Waals surface area contributed by atoms with Gasteiger partial charge in [0.2, 0.25) is 11.8 Å². The van der Waals surface area contributed by atoms with Crippen LogP contribution in [0.4, 0.5) is 0 Å². The predicted octanol–water partition coefficient (Wildman–Crippen LogP) is -0.426. The summed E-state index contributed by atoms with van der Waals surface area (Å²) < 4.78 is 3.30. The number of aromatic nitrogens is 8. The number of nitrogens with zero attached hydrogens (tertiary/aromatic N) is 9. The quantitative estimate of drug-likeness (QED) is 0.270. The van der Waals surface area contributed by atoms with Crippen LogP contribution in [0.1, 0.15) is 35.8 Å². The van der Waals surface area contributed by atoms with Crippen LogP contribution in [0.15, 0.2) is 40.5 Å². The van der Waals surface area contributed by atoms with Crippen molar-refractivity contribution in [2.75, 3.05) is 32.7 Å². The van der Waals surface area contributed by atoms with Crippen LogP contribution in [0.5, 0.6) is 5.88 Å². The summed E-state index contributed by atoms with van der Waals surface area (Å²) in [5.41, 5.74) is 2.52. The first-order chi connectivity index (χ1) is 19.5. The first kappa shape index (κ1) is 24.2. The molecule has 3 N–H and O–H groups in total. The Morgan fingerprint density at radius 2 is 2.00 bits per heavy atom. The van der Waals surface area contributed by atoms with Gasteiger partial charge in [-0.15, -0.1) is 0 Å². The first-order valence-electron chi connectivity index (χ1n) is 13.3. The summed E-state index contributed by atoms with van der Waals surface area (Å²) in [5.74, 6) is 0.0618. The van der Waals surface area contributed by atoms with Gasteiger partial charge < -0.3 is 19.9 Å². The molecule has 0 radical (unpaired) electrons. The number of H-pyrrole nitrogens is 2. The van der Waals surface area contributed by atoms with Gasteiger partial charge in [0, 0.05) is 37.0 Å². The fourth-order valence-electron chi connectivity index (χ4n) is 4.93. The number of rotatable bonds is 5. The molecule has 1 saturated carbocycles. The topological polar surface area (TPSA) is 166 Å². The molecule has 14 heteroatoms. The monoisotopic (exact) mass is 541 g/mol. The molecule has 2 fully saturated rings. The van der Waals surface area contributed by atoms with E-state index >= 15 is 0 Å². The van der Waals surface area contributed by atoms with Crippen molar-refractivity contribution < 1.29 is 9.90 Å². The second-order valence-corrected chi connectivity index (χ2v) is 10.0. The van der Waals surface area contributed by atoms with Gasteiger partial charge in [0.05, 0.1) is 23.3 Å². The zero-order chi connectivity index (χ0) is 27.4. The Bertz CT molecular complexity index is 1940. The fraction of sp³-hybridized carbons (Fsp3) is 0.346. The molecule has 0 bridgehead atoms. The molecular weight excluding hydrogens is 514 g/mol. The number of benzene rings is 1. The third kappa shape index (κ3) is 4.31. The fourth-order valence-corrected chi connectivity index (χ4v) is 4.93. The molecule has 4 aromatic heterocycles. The number of imidazole rings is 2. The van der Waals surface area contributed by atoms with E-state index in [1.54, 1.807) is 33.7 Å². The highest BCUT2D eigenvalue weighted by Crippen LogP contribution is 2.23. The Hall–Kier alpha value is -4.85. The van der Waals surface area contributed by atoms with Crippen LogP contribution in [-0.2, 0) is 0 Å². The van der Waals surface area contributed by atoms with Crippen molar-refractivity contribution in [3.63, 3.8) is 0 Å². The van der Waals surface area contributed by atoms with E-state index in [0.717, 1.165) is 38.0 Å². The molecule has 5 aromatic rings. The molecule has 1 aliphatic heterocycles. The number of carbonyl (C=O) groups excluding carboxylic acids is 1. The highest BCUT2D eigenvalue weighted by atomic mass is 16.3. The van der Waals surface area contributed by atoms with E-state index in [1.165, 1.54) is 0 Å². The smallest absolute Gasteiger partial charge is 0.326 e. The van der Waals surface area contributed by atoms with Gasteiger partial charge in [-0.1, -0.05) is 6.92 Å². The Morgan fingerprint density at radius 3 is 2.73 bits per heavy atom. The highest BCUT2D eigenvalue weighted by molar-refractivity contribution is 5.97. The van der Waals surface area contributed by atoms with Crippen molar-refractivity contribution in [1.82, 2.24) is 48.9 Å². The SMILES string of the molecule is CCN1CCN(C(=O)c2ccc3c(c2)ncn3-c2nc(=NC3CC3)n3nc/c(=C\c4[nH]c(=O)[nH]c4O)c3n2)CC1. The van der Waals surface area contributed by atoms with Crippen LogP contribution < -0.4 is 16.5 Å². The molecule has 0 spiro atoms. The molecule has 40 heavy (non-hydrogen) atoms. The van der Waals surface area contributed by atoms with Gasteiger partial charge in [-0.3, -0.25) is 14.3 Å². The van der Waals surface area contributed by atoms with E-state index in [9.17, 15) is 14.7 Å². The maximum absolute atomic E-state index is 13.2. The summed E-state index contributed by atoms with van der Waals surface area (Å²) >= 11 is 0. The number of likely N-dealkylation sites (N-methyl/N-ethyl adjacent to an activating group) is 1. The molecule has 5 heterocycles. The zero-order valence-electron chi connectivity index (χ0n) is 21.8. The lowest BCUT2D eigenvalue weighted by molar-refractivity contribution is 0.0643. The number of carbonyl (C=O) groups is 1. The van der Waals surface area contributed by atoms with Gasteiger partial charge in [0.25, 0.3) is 11.5 Å². The minimum atomic E-state index is -0.522. The average molecular weight is 542 g/mol. The minimum Gasteiger partial charge on any atom is -0.493 e. The van der Waals surface area contributed by atoms with Gasteiger partial charge in [0.15, 0.2) is 5.65 Å². The van der Waals surface area contributed by atoms with Crippen molar-refractivity contribution in [3.8, 4) is 11.8 Å². The summed E-state index contributed by atoms with van der Waals surface area (Å²) in [6, 6.07) is 5.65. The molecule has 0 atom stereocenters.